The molecule has 0 aromatic rings. The van der Waals surface area contributed by atoms with E-state index in [2.05, 4.69) is 0 Å². The zero-order chi connectivity index (χ0) is 9.19. The molecule has 1 rings (SSSR count). The highest BCUT2D eigenvalue weighted by Crippen LogP contribution is 2.34. The maximum atomic E-state index is 9.12. The van der Waals surface area contributed by atoms with Gasteiger partial charge in [-0.1, -0.05) is 19.1 Å². The standard InChI is InChI=1S/C9H15NO2/c1-9(6-12)4-2-3-8(10)7(9)5-11/h2-4,7,11-12H,5-6,10H2,1H3. The Labute approximate surface area is 72.2 Å². The predicted molar refractivity (Wildman–Crippen MR) is 47.2 cm³/mol. The molecule has 0 saturated carbocycles. The molecule has 68 valence electrons. The molecule has 0 saturated heterocycles. The van der Waals surface area contributed by atoms with E-state index in [4.69, 9.17) is 15.9 Å². The summed E-state index contributed by atoms with van der Waals surface area (Å²) in [6.07, 6.45) is 5.46. The van der Waals surface area contributed by atoms with Gasteiger partial charge in [-0.3, -0.25) is 0 Å². The minimum atomic E-state index is -0.409. The molecular weight excluding hydrogens is 154 g/mol. The molecule has 0 aromatic heterocycles. The summed E-state index contributed by atoms with van der Waals surface area (Å²) in [4.78, 5) is 0. The molecule has 2 atom stereocenters. The Morgan fingerprint density at radius 1 is 1.58 bits per heavy atom. The Morgan fingerprint density at radius 3 is 2.67 bits per heavy atom. The van der Waals surface area contributed by atoms with Gasteiger partial charge in [0.15, 0.2) is 0 Å². The topological polar surface area (TPSA) is 66.5 Å². The van der Waals surface area contributed by atoms with Gasteiger partial charge in [0.2, 0.25) is 0 Å². The summed E-state index contributed by atoms with van der Waals surface area (Å²) in [5, 5.41) is 18.2. The molecule has 2 unspecified atom stereocenters. The fourth-order valence-electron chi connectivity index (χ4n) is 1.47. The van der Waals surface area contributed by atoms with Crippen molar-refractivity contribution in [2.45, 2.75) is 6.92 Å². The van der Waals surface area contributed by atoms with Crippen molar-refractivity contribution in [1.82, 2.24) is 0 Å². The van der Waals surface area contributed by atoms with Gasteiger partial charge >= 0.3 is 0 Å². The molecule has 0 aromatic carbocycles. The SMILES string of the molecule is CC1(CO)C=CC=C(N)C1CO. The molecule has 0 bridgehead atoms. The third-order valence-corrected chi connectivity index (χ3v) is 2.49. The average Bonchev–Trinajstić information content (AvgIpc) is 2.05. The van der Waals surface area contributed by atoms with E-state index >= 15 is 0 Å². The fourth-order valence-corrected chi connectivity index (χ4v) is 1.47. The summed E-state index contributed by atoms with van der Waals surface area (Å²) < 4.78 is 0. The van der Waals surface area contributed by atoms with Crippen molar-refractivity contribution in [1.29, 1.82) is 0 Å². The second-order valence-electron chi connectivity index (χ2n) is 3.42. The summed E-state index contributed by atoms with van der Waals surface area (Å²) in [6, 6.07) is 0. The molecule has 0 amide bonds. The van der Waals surface area contributed by atoms with E-state index in [1.807, 2.05) is 19.1 Å². The lowest BCUT2D eigenvalue weighted by molar-refractivity contribution is 0.0955. The van der Waals surface area contributed by atoms with Crippen LogP contribution < -0.4 is 5.73 Å². The van der Waals surface area contributed by atoms with E-state index in [1.54, 1.807) is 6.08 Å². The molecule has 0 aliphatic heterocycles. The van der Waals surface area contributed by atoms with Gasteiger partial charge in [-0.15, -0.1) is 0 Å². The lowest BCUT2D eigenvalue weighted by Crippen LogP contribution is -2.37. The van der Waals surface area contributed by atoms with Crippen LogP contribution >= 0.6 is 0 Å². The van der Waals surface area contributed by atoms with E-state index < -0.39 is 5.41 Å². The highest BCUT2D eigenvalue weighted by atomic mass is 16.3. The first-order valence-electron chi connectivity index (χ1n) is 4.00. The summed E-state index contributed by atoms with van der Waals surface area (Å²) in [6.45, 7) is 1.86. The van der Waals surface area contributed by atoms with Crippen LogP contribution in [0.15, 0.2) is 23.9 Å². The monoisotopic (exact) mass is 169 g/mol. The summed E-state index contributed by atoms with van der Waals surface area (Å²) in [5.41, 5.74) is 5.91. The van der Waals surface area contributed by atoms with Crippen LogP contribution in [0.25, 0.3) is 0 Å². The van der Waals surface area contributed by atoms with E-state index in [-0.39, 0.29) is 19.1 Å². The van der Waals surface area contributed by atoms with Crippen molar-refractivity contribution in [2.24, 2.45) is 17.1 Å². The Hall–Kier alpha value is -0.800. The molecule has 0 radical (unpaired) electrons. The van der Waals surface area contributed by atoms with E-state index in [0.29, 0.717) is 5.70 Å². The number of rotatable bonds is 2. The van der Waals surface area contributed by atoms with Gasteiger partial charge < -0.3 is 15.9 Å². The highest BCUT2D eigenvalue weighted by Gasteiger charge is 2.33. The molecule has 0 heterocycles. The number of hydrogen-bond acceptors (Lipinski definition) is 3. The first-order valence-corrected chi connectivity index (χ1v) is 4.00. The molecule has 1 aliphatic carbocycles. The normalized spacial score (nSPS) is 34.9. The van der Waals surface area contributed by atoms with Crippen LogP contribution in [0.1, 0.15) is 6.92 Å². The van der Waals surface area contributed by atoms with Crippen molar-refractivity contribution in [3.63, 3.8) is 0 Å². The maximum absolute atomic E-state index is 9.12. The summed E-state index contributed by atoms with van der Waals surface area (Å²) in [7, 11) is 0. The highest BCUT2D eigenvalue weighted by molar-refractivity contribution is 5.24. The number of aliphatic hydroxyl groups is 2. The molecule has 1 aliphatic rings. The number of allylic oxidation sites excluding steroid dienone is 2. The molecule has 0 fully saturated rings. The Bertz CT molecular complexity index is 223. The Morgan fingerprint density at radius 2 is 2.25 bits per heavy atom. The van der Waals surface area contributed by atoms with Gasteiger partial charge in [-0.2, -0.15) is 0 Å². The van der Waals surface area contributed by atoms with Crippen LogP contribution in [0.2, 0.25) is 0 Å². The molecule has 3 heteroatoms. The fraction of sp³-hybridized carbons (Fsp3) is 0.556. The Balaban J connectivity index is 2.91. The van der Waals surface area contributed by atoms with Crippen LogP contribution in [0.5, 0.6) is 0 Å². The van der Waals surface area contributed by atoms with Crippen LogP contribution in [0.3, 0.4) is 0 Å². The van der Waals surface area contributed by atoms with E-state index in [0.717, 1.165) is 0 Å². The first kappa shape index (κ1) is 9.29. The third-order valence-electron chi connectivity index (χ3n) is 2.49. The molecule has 12 heavy (non-hydrogen) atoms. The van der Waals surface area contributed by atoms with Gasteiger partial charge in [0.25, 0.3) is 0 Å². The van der Waals surface area contributed by atoms with E-state index in [9.17, 15) is 0 Å². The minimum absolute atomic E-state index is 0.00324. The Kier molecular flexibility index (Phi) is 2.55. The number of hydrogen-bond donors (Lipinski definition) is 3. The van der Waals surface area contributed by atoms with E-state index in [1.165, 1.54) is 0 Å². The van der Waals surface area contributed by atoms with Crippen LogP contribution in [0.4, 0.5) is 0 Å². The lowest BCUT2D eigenvalue weighted by atomic mass is 9.74. The zero-order valence-electron chi connectivity index (χ0n) is 7.20. The van der Waals surface area contributed by atoms with Crippen molar-refractivity contribution >= 4 is 0 Å². The third kappa shape index (κ3) is 1.38. The van der Waals surface area contributed by atoms with Gasteiger partial charge in [-0.05, 0) is 6.08 Å². The first-order chi connectivity index (χ1) is 5.64. The minimum Gasteiger partial charge on any atom is -0.402 e. The van der Waals surface area contributed by atoms with Gasteiger partial charge in [-0.25, -0.2) is 0 Å². The summed E-state index contributed by atoms with van der Waals surface area (Å²) in [5.74, 6) is -0.160. The van der Waals surface area contributed by atoms with Gasteiger partial charge in [0.05, 0.1) is 13.2 Å². The quantitative estimate of drug-likeness (QED) is 0.545. The molecule has 4 N–H and O–H groups in total. The molecular formula is C9H15NO2. The largest absolute Gasteiger partial charge is 0.402 e. The van der Waals surface area contributed by atoms with Crippen molar-refractivity contribution < 1.29 is 10.2 Å². The molecule has 3 nitrogen and oxygen atoms in total. The van der Waals surface area contributed by atoms with Crippen molar-refractivity contribution in [2.75, 3.05) is 13.2 Å². The van der Waals surface area contributed by atoms with Gasteiger partial charge in [0, 0.05) is 17.0 Å². The van der Waals surface area contributed by atoms with Crippen LogP contribution in [-0.2, 0) is 0 Å². The maximum Gasteiger partial charge on any atom is 0.0526 e. The van der Waals surface area contributed by atoms with Crippen molar-refractivity contribution in [3.05, 3.63) is 23.9 Å². The van der Waals surface area contributed by atoms with Crippen molar-refractivity contribution in [3.8, 4) is 0 Å². The lowest BCUT2D eigenvalue weighted by Gasteiger charge is -2.34. The van der Waals surface area contributed by atoms with Gasteiger partial charge in [0.1, 0.15) is 0 Å². The van der Waals surface area contributed by atoms with Crippen LogP contribution in [-0.4, -0.2) is 23.4 Å². The average molecular weight is 169 g/mol. The van der Waals surface area contributed by atoms with Crippen LogP contribution in [0, 0.1) is 11.3 Å². The summed E-state index contributed by atoms with van der Waals surface area (Å²) >= 11 is 0. The smallest absolute Gasteiger partial charge is 0.0526 e. The predicted octanol–water partition coefficient (Wildman–Crippen LogP) is 0.00590. The second-order valence-corrected chi connectivity index (χ2v) is 3.42. The number of nitrogens with two attached hydrogens (primary N) is 1. The second kappa shape index (κ2) is 3.29. The molecule has 0 spiro atoms. The number of aliphatic hydroxyl groups excluding tert-OH is 2. The zero-order valence-corrected chi connectivity index (χ0v) is 7.20.